The highest BCUT2D eigenvalue weighted by atomic mass is 32.1. The van der Waals surface area contributed by atoms with Crippen LogP contribution >= 0.6 is 12.2 Å². The molecular weight excluding hydrogens is 350 g/mol. The molecule has 0 spiro atoms. The second-order valence-electron chi connectivity index (χ2n) is 6.97. The number of benzene rings is 1. The van der Waals surface area contributed by atoms with E-state index in [0.29, 0.717) is 46.7 Å². The molecule has 1 aromatic carbocycles. The second kappa shape index (κ2) is 8.14. The number of carbonyl (C=O) groups is 1. The van der Waals surface area contributed by atoms with E-state index in [1.54, 1.807) is 29.9 Å². The zero-order chi connectivity index (χ0) is 18.7. The Balaban J connectivity index is 1.89. The van der Waals surface area contributed by atoms with Gasteiger partial charge in [0.1, 0.15) is 0 Å². The molecule has 1 N–H and O–H groups in total. The average Bonchev–Trinajstić information content (AvgIpc) is 2.64. The first kappa shape index (κ1) is 18.8. The number of ether oxygens (including phenoxy) is 1. The van der Waals surface area contributed by atoms with Crippen LogP contribution in [0.15, 0.2) is 23.0 Å². The lowest BCUT2D eigenvalue weighted by Crippen LogP contribution is -2.37. The van der Waals surface area contributed by atoms with E-state index < -0.39 is 0 Å². The Morgan fingerprint density at radius 3 is 2.77 bits per heavy atom. The summed E-state index contributed by atoms with van der Waals surface area (Å²) >= 11 is 5.33. The van der Waals surface area contributed by atoms with E-state index in [0.717, 1.165) is 25.9 Å². The van der Waals surface area contributed by atoms with Gasteiger partial charge in [0, 0.05) is 38.9 Å². The number of hydrogen-bond donors (Lipinski definition) is 1. The van der Waals surface area contributed by atoms with Crippen molar-refractivity contribution in [3.05, 3.63) is 38.9 Å². The molecule has 0 aliphatic carbocycles. The number of carbonyl (C=O) groups excluding carboxylic acids is 1. The molecule has 3 rings (SSSR count). The van der Waals surface area contributed by atoms with E-state index in [-0.39, 0.29) is 11.5 Å². The molecule has 140 valence electrons. The molecular formula is C19H25N3O3S. The van der Waals surface area contributed by atoms with Gasteiger partial charge in [-0.15, -0.1) is 0 Å². The maximum Gasteiger partial charge on any atom is 0.262 e. The number of H-pyrrole nitrogens is 1. The normalized spacial score (nSPS) is 15.5. The van der Waals surface area contributed by atoms with Gasteiger partial charge < -0.3 is 14.6 Å². The highest BCUT2D eigenvalue weighted by molar-refractivity contribution is 7.71. The van der Waals surface area contributed by atoms with E-state index in [1.807, 2.05) is 4.90 Å². The first-order valence-electron chi connectivity index (χ1n) is 9.06. The Kier molecular flexibility index (Phi) is 5.88. The number of piperidine rings is 1. The zero-order valence-corrected chi connectivity index (χ0v) is 16.1. The molecule has 1 aliphatic heterocycles. The molecule has 1 fully saturated rings. The summed E-state index contributed by atoms with van der Waals surface area (Å²) in [7, 11) is 1.63. The second-order valence-corrected chi connectivity index (χ2v) is 7.36. The third-order valence-corrected chi connectivity index (χ3v) is 5.35. The van der Waals surface area contributed by atoms with Crippen molar-refractivity contribution in [2.24, 2.45) is 5.92 Å². The van der Waals surface area contributed by atoms with E-state index in [9.17, 15) is 9.59 Å². The Bertz CT molecular complexity index is 910. The summed E-state index contributed by atoms with van der Waals surface area (Å²) < 4.78 is 6.95. The van der Waals surface area contributed by atoms with Crippen LogP contribution in [0.25, 0.3) is 10.9 Å². The summed E-state index contributed by atoms with van der Waals surface area (Å²) in [5.74, 6) is 0.686. The number of nitrogens with zero attached hydrogens (tertiary/aromatic N) is 2. The van der Waals surface area contributed by atoms with Crippen molar-refractivity contribution in [3.63, 3.8) is 0 Å². The number of aromatic nitrogens is 2. The van der Waals surface area contributed by atoms with Gasteiger partial charge in [0.25, 0.3) is 11.5 Å². The molecule has 0 radical (unpaired) electrons. The predicted molar refractivity (Wildman–Crippen MR) is 104 cm³/mol. The lowest BCUT2D eigenvalue weighted by molar-refractivity contribution is 0.0697. The number of rotatable bonds is 5. The number of likely N-dealkylation sites (tertiary alicyclic amines) is 1. The van der Waals surface area contributed by atoms with E-state index in [2.05, 4.69) is 11.9 Å². The third kappa shape index (κ3) is 3.88. The van der Waals surface area contributed by atoms with Gasteiger partial charge in [-0.3, -0.25) is 14.2 Å². The predicted octanol–water partition coefficient (Wildman–Crippen LogP) is 2.97. The number of aromatic amines is 1. The van der Waals surface area contributed by atoms with Gasteiger partial charge in [0.05, 0.1) is 10.9 Å². The highest BCUT2D eigenvalue weighted by Crippen LogP contribution is 2.19. The van der Waals surface area contributed by atoms with Crippen molar-refractivity contribution < 1.29 is 9.53 Å². The molecule has 1 amide bonds. The van der Waals surface area contributed by atoms with Gasteiger partial charge in [0.15, 0.2) is 4.77 Å². The summed E-state index contributed by atoms with van der Waals surface area (Å²) in [6, 6.07) is 5.20. The fraction of sp³-hybridized carbons (Fsp3) is 0.526. The van der Waals surface area contributed by atoms with Crippen molar-refractivity contribution in [2.45, 2.75) is 32.7 Å². The van der Waals surface area contributed by atoms with E-state index in [1.165, 1.54) is 0 Å². The molecule has 2 aromatic rings. The van der Waals surface area contributed by atoms with Gasteiger partial charge in [-0.2, -0.15) is 0 Å². The van der Waals surface area contributed by atoms with Crippen molar-refractivity contribution in [1.82, 2.24) is 14.5 Å². The third-order valence-electron chi connectivity index (χ3n) is 5.03. The lowest BCUT2D eigenvalue weighted by Gasteiger charge is -2.30. The monoisotopic (exact) mass is 375 g/mol. The molecule has 0 saturated carbocycles. The minimum Gasteiger partial charge on any atom is -0.385 e. The maximum atomic E-state index is 12.8. The largest absolute Gasteiger partial charge is 0.385 e. The van der Waals surface area contributed by atoms with Crippen LogP contribution in [0.2, 0.25) is 0 Å². The topological polar surface area (TPSA) is 67.3 Å². The zero-order valence-electron chi connectivity index (χ0n) is 15.3. The summed E-state index contributed by atoms with van der Waals surface area (Å²) in [5, 5.41) is 0.542. The molecule has 0 bridgehead atoms. The molecule has 1 aromatic heterocycles. The molecule has 0 unspecified atom stereocenters. The number of fused-ring (bicyclic) bond motifs is 1. The summed E-state index contributed by atoms with van der Waals surface area (Å²) in [4.78, 5) is 30.4. The fourth-order valence-corrected chi connectivity index (χ4v) is 3.64. The van der Waals surface area contributed by atoms with Crippen molar-refractivity contribution in [2.75, 3.05) is 26.8 Å². The Hall–Kier alpha value is -1.99. The van der Waals surface area contributed by atoms with Crippen LogP contribution in [0, 0.1) is 10.7 Å². The molecule has 1 aliphatic rings. The Morgan fingerprint density at radius 2 is 2.08 bits per heavy atom. The summed E-state index contributed by atoms with van der Waals surface area (Å²) in [5.41, 5.74) is 1.07. The first-order valence-corrected chi connectivity index (χ1v) is 9.47. The minimum atomic E-state index is -0.134. The minimum absolute atomic E-state index is 0.0161. The van der Waals surface area contributed by atoms with Crippen molar-refractivity contribution in [3.8, 4) is 0 Å². The van der Waals surface area contributed by atoms with Crippen LogP contribution in [-0.2, 0) is 11.3 Å². The van der Waals surface area contributed by atoms with Gasteiger partial charge in [0.2, 0.25) is 0 Å². The molecule has 0 atom stereocenters. The molecule has 1 saturated heterocycles. The van der Waals surface area contributed by atoms with Gasteiger partial charge in [-0.1, -0.05) is 6.92 Å². The number of amides is 1. The van der Waals surface area contributed by atoms with Gasteiger partial charge in [-0.05, 0) is 55.6 Å². The highest BCUT2D eigenvalue weighted by Gasteiger charge is 2.21. The average molecular weight is 375 g/mol. The van der Waals surface area contributed by atoms with E-state index in [4.69, 9.17) is 17.0 Å². The van der Waals surface area contributed by atoms with Crippen LogP contribution in [-0.4, -0.2) is 47.2 Å². The van der Waals surface area contributed by atoms with Crippen LogP contribution in [0.1, 0.15) is 36.5 Å². The molecule has 26 heavy (non-hydrogen) atoms. The van der Waals surface area contributed by atoms with E-state index >= 15 is 0 Å². The standard InChI is InChI=1S/C19H25N3O3S/c1-13-6-9-21(10-7-13)17(23)14-4-5-15-16(12-14)20-19(26)22(18(15)24)8-3-11-25-2/h4-5,12-13H,3,6-11H2,1-2H3,(H,20,26). The molecule has 6 nitrogen and oxygen atoms in total. The maximum absolute atomic E-state index is 12.8. The fourth-order valence-electron chi connectivity index (χ4n) is 3.35. The lowest BCUT2D eigenvalue weighted by atomic mass is 9.98. The number of methoxy groups -OCH3 is 1. The molecule has 7 heteroatoms. The van der Waals surface area contributed by atoms with Crippen LogP contribution in [0.3, 0.4) is 0 Å². The van der Waals surface area contributed by atoms with Gasteiger partial charge in [-0.25, -0.2) is 0 Å². The van der Waals surface area contributed by atoms with Crippen molar-refractivity contribution >= 4 is 29.0 Å². The van der Waals surface area contributed by atoms with Crippen LogP contribution in [0.5, 0.6) is 0 Å². The summed E-state index contributed by atoms with van der Waals surface area (Å²) in [6.45, 7) is 4.87. The van der Waals surface area contributed by atoms with Gasteiger partial charge >= 0.3 is 0 Å². The van der Waals surface area contributed by atoms with Crippen LogP contribution in [0.4, 0.5) is 0 Å². The SMILES string of the molecule is COCCCn1c(=S)[nH]c2cc(C(=O)N3CCC(C)CC3)ccc2c1=O. The number of hydrogen-bond acceptors (Lipinski definition) is 4. The summed E-state index contributed by atoms with van der Waals surface area (Å²) in [6.07, 6.45) is 2.78. The smallest absolute Gasteiger partial charge is 0.262 e. The molecule has 2 heterocycles. The Morgan fingerprint density at radius 1 is 1.35 bits per heavy atom. The number of nitrogens with one attached hydrogen (secondary N) is 1. The quantitative estimate of drug-likeness (QED) is 0.644. The first-order chi connectivity index (χ1) is 12.5. The van der Waals surface area contributed by atoms with Crippen LogP contribution < -0.4 is 5.56 Å². The van der Waals surface area contributed by atoms with Crippen molar-refractivity contribution in [1.29, 1.82) is 0 Å². The Labute approximate surface area is 157 Å².